The van der Waals surface area contributed by atoms with E-state index in [1.165, 1.54) is 43.5 Å². The molecule has 2 heterocycles. The Morgan fingerprint density at radius 3 is 1.84 bits per heavy atom. The molecule has 242 valence electrons. The molecule has 0 radical (unpaired) electrons. The monoisotopic (exact) mass is 626 g/mol. The number of aromatic carboxylic acids is 1. The van der Waals surface area contributed by atoms with Crippen molar-refractivity contribution in [2.45, 2.75) is 68.3 Å². The van der Waals surface area contributed by atoms with Gasteiger partial charge in [0.15, 0.2) is 11.5 Å². The Balaban J connectivity index is 1.39. The number of carbonyl (C=O) groups excluding carboxylic acids is 1. The predicted octanol–water partition coefficient (Wildman–Crippen LogP) is -2.08. The first-order valence-electron chi connectivity index (χ1n) is 13.4. The van der Waals surface area contributed by atoms with Crippen LogP contribution >= 0.6 is 0 Å². The van der Waals surface area contributed by atoms with Gasteiger partial charge in [-0.25, -0.2) is 9.59 Å². The molecule has 2 aliphatic heterocycles. The molecule has 2 aliphatic rings. The van der Waals surface area contributed by atoms with E-state index in [0.29, 0.717) is 5.56 Å². The van der Waals surface area contributed by atoms with Crippen LogP contribution in [0.25, 0.3) is 0 Å². The topological polar surface area (TPSA) is 251 Å². The molecule has 0 aliphatic carbocycles. The van der Waals surface area contributed by atoms with E-state index >= 15 is 0 Å². The van der Waals surface area contributed by atoms with Gasteiger partial charge in [-0.1, -0.05) is 0 Å². The quantitative estimate of drug-likeness (QED) is 0.132. The average molecular weight is 627 g/mol. The molecule has 44 heavy (non-hydrogen) atoms. The van der Waals surface area contributed by atoms with Crippen LogP contribution in [0.3, 0.4) is 0 Å². The molecule has 2 fully saturated rings. The summed E-state index contributed by atoms with van der Waals surface area (Å²) in [5.74, 6) is -1.94. The second kappa shape index (κ2) is 14.0. The van der Waals surface area contributed by atoms with Gasteiger partial charge in [0, 0.05) is 0 Å². The Labute approximate surface area is 250 Å². The summed E-state index contributed by atoms with van der Waals surface area (Å²) in [7, 11) is 1.27. The maximum absolute atomic E-state index is 12.8. The van der Waals surface area contributed by atoms with E-state index < -0.39 is 86.6 Å². The minimum atomic E-state index is -1.76. The molecular weight excluding hydrogens is 592 g/mol. The molecular formula is C28H34O16. The lowest BCUT2D eigenvalue weighted by atomic mass is 9.99. The highest BCUT2D eigenvalue weighted by Crippen LogP contribution is 2.32. The van der Waals surface area contributed by atoms with Crippen molar-refractivity contribution >= 4 is 11.9 Å². The fraction of sp³-hybridized carbons (Fsp3) is 0.500. The van der Waals surface area contributed by atoms with Crippen LogP contribution < -0.4 is 14.2 Å². The lowest BCUT2D eigenvalue weighted by Gasteiger charge is -2.40. The van der Waals surface area contributed by atoms with Gasteiger partial charge >= 0.3 is 11.9 Å². The normalized spacial score (nSPS) is 32.0. The fourth-order valence-corrected chi connectivity index (χ4v) is 4.61. The molecule has 4 rings (SSSR count). The highest BCUT2D eigenvalue weighted by Gasteiger charge is 2.46. The Morgan fingerprint density at radius 2 is 1.27 bits per heavy atom. The molecule has 0 amide bonds. The van der Waals surface area contributed by atoms with Gasteiger partial charge in [0.2, 0.25) is 12.6 Å². The van der Waals surface area contributed by atoms with Crippen LogP contribution in [-0.4, -0.2) is 135 Å². The number of hydrogen-bond acceptors (Lipinski definition) is 15. The third-order valence-electron chi connectivity index (χ3n) is 7.20. The van der Waals surface area contributed by atoms with Crippen LogP contribution in [0.2, 0.25) is 0 Å². The van der Waals surface area contributed by atoms with E-state index in [4.69, 9.17) is 28.4 Å². The van der Waals surface area contributed by atoms with Gasteiger partial charge in [-0.2, -0.15) is 0 Å². The summed E-state index contributed by atoms with van der Waals surface area (Å²) in [4.78, 5) is 24.0. The number of ether oxygens (including phenoxy) is 6. The maximum Gasteiger partial charge on any atom is 0.338 e. The van der Waals surface area contributed by atoms with Crippen molar-refractivity contribution in [1.82, 2.24) is 0 Å². The maximum atomic E-state index is 12.8. The molecule has 2 aromatic rings. The van der Waals surface area contributed by atoms with Crippen molar-refractivity contribution in [3.8, 4) is 17.2 Å². The van der Waals surface area contributed by atoms with Gasteiger partial charge in [0.1, 0.15) is 61.2 Å². The molecule has 0 aromatic heterocycles. The molecule has 8 N–H and O–H groups in total. The van der Waals surface area contributed by atoms with E-state index in [1.54, 1.807) is 6.92 Å². The minimum absolute atomic E-state index is 0.00127. The zero-order valence-corrected chi connectivity index (χ0v) is 23.5. The number of methoxy groups -OCH3 is 1. The molecule has 10 atom stereocenters. The number of benzene rings is 2. The first-order valence-corrected chi connectivity index (χ1v) is 13.4. The number of aliphatic hydroxyl groups excluding tert-OH is 7. The van der Waals surface area contributed by atoms with Crippen LogP contribution in [0.4, 0.5) is 0 Å². The summed E-state index contributed by atoms with van der Waals surface area (Å²) in [6.07, 6.45) is -15.5. The van der Waals surface area contributed by atoms with E-state index in [1.807, 2.05) is 0 Å². The Kier molecular flexibility index (Phi) is 10.6. The summed E-state index contributed by atoms with van der Waals surface area (Å²) < 4.78 is 32.5. The van der Waals surface area contributed by atoms with Crippen LogP contribution in [-0.2, 0) is 14.2 Å². The summed E-state index contributed by atoms with van der Waals surface area (Å²) in [6.45, 7) is 0.368. The van der Waals surface area contributed by atoms with Crippen LogP contribution in [0.1, 0.15) is 26.3 Å². The highest BCUT2D eigenvalue weighted by atomic mass is 16.7. The standard InChI is InChI=1S/C28H34O16/c1-11-7-13(4-5-14(11)41-27-23(34)21(32)19(30)17(9-29)43-27)26(38)40-10-18-20(31)22(33)24(35)28(44-18)42-15-6-3-12(25(36)37)8-16(15)39-2/h3-8,17-24,27-35H,9-10H2,1-2H3,(H,36,37). The fourth-order valence-electron chi connectivity index (χ4n) is 4.61. The molecule has 0 spiro atoms. The second-order valence-electron chi connectivity index (χ2n) is 10.2. The van der Waals surface area contributed by atoms with Crippen LogP contribution in [0.5, 0.6) is 17.2 Å². The van der Waals surface area contributed by atoms with E-state index in [-0.39, 0.29) is 28.4 Å². The second-order valence-corrected chi connectivity index (χ2v) is 10.2. The van der Waals surface area contributed by atoms with Gasteiger partial charge < -0.3 is 69.3 Å². The molecule has 16 heteroatoms. The Bertz CT molecular complexity index is 1320. The number of aryl methyl sites for hydroxylation is 1. The lowest BCUT2D eigenvalue weighted by molar-refractivity contribution is -0.277. The zero-order chi connectivity index (χ0) is 32.3. The smallest absolute Gasteiger partial charge is 0.338 e. The SMILES string of the molecule is COc1cc(C(=O)O)ccc1OC1OC(COC(=O)c2ccc(OC3OC(CO)C(O)C(O)C3O)c(C)c2)C(O)C(O)C1O. The number of carboxylic acid groups (broad SMARTS) is 1. The number of esters is 1. The number of carboxylic acids is 1. The number of carbonyl (C=O) groups is 2. The minimum Gasteiger partial charge on any atom is -0.493 e. The average Bonchev–Trinajstić information content (AvgIpc) is 3.01. The summed E-state index contributed by atoms with van der Waals surface area (Å²) in [5.41, 5.74) is 0.342. The number of rotatable bonds is 10. The van der Waals surface area contributed by atoms with Crippen molar-refractivity contribution in [3.05, 3.63) is 53.1 Å². The molecule has 2 aromatic carbocycles. The van der Waals surface area contributed by atoms with Gasteiger partial charge in [-0.3, -0.25) is 0 Å². The Morgan fingerprint density at radius 1 is 0.727 bits per heavy atom. The van der Waals surface area contributed by atoms with Gasteiger partial charge in [0.05, 0.1) is 24.8 Å². The van der Waals surface area contributed by atoms with Crippen molar-refractivity contribution in [2.24, 2.45) is 0 Å². The summed E-state index contributed by atoms with van der Waals surface area (Å²) in [5, 5.41) is 79.9. The predicted molar refractivity (Wildman–Crippen MR) is 143 cm³/mol. The molecule has 0 bridgehead atoms. The third-order valence-corrected chi connectivity index (χ3v) is 7.20. The van der Waals surface area contributed by atoms with Crippen LogP contribution in [0, 0.1) is 6.92 Å². The van der Waals surface area contributed by atoms with Gasteiger partial charge in [-0.15, -0.1) is 0 Å². The van der Waals surface area contributed by atoms with E-state index in [9.17, 15) is 50.4 Å². The van der Waals surface area contributed by atoms with Gasteiger partial charge in [-0.05, 0) is 48.9 Å². The first-order chi connectivity index (χ1) is 20.9. The van der Waals surface area contributed by atoms with E-state index in [0.717, 1.165) is 0 Å². The largest absolute Gasteiger partial charge is 0.493 e. The summed E-state index contributed by atoms with van der Waals surface area (Å²) >= 11 is 0. The van der Waals surface area contributed by atoms with Crippen molar-refractivity contribution < 1.29 is 78.9 Å². The molecule has 16 nitrogen and oxygen atoms in total. The van der Waals surface area contributed by atoms with Gasteiger partial charge in [0.25, 0.3) is 0 Å². The Hall–Kier alpha value is -3.58. The lowest BCUT2D eigenvalue weighted by Crippen LogP contribution is -2.60. The molecule has 10 unspecified atom stereocenters. The zero-order valence-electron chi connectivity index (χ0n) is 23.5. The third kappa shape index (κ3) is 7.04. The number of aliphatic hydroxyl groups is 7. The summed E-state index contributed by atoms with van der Waals surface area (Å²) in [6, 6.07) is 7.74. The number of hydrogen-bond donors (Lipinski definition) is 8. The van der Waals surface area contributed by atoms with Crippen LogP contribution in [0.15, 0.2) is 36.4 Å². The van der Waals surface area contributed by atoms with Crippen molar-refractivity contribution in [3.63, 3.8) is 0 Å². The van der Waals surface area contributed by atoms with E-state index in [2.05, 4.69) is 0 Å². The van der Waals surface area contributed by atoms with Crippen molar-refractivity contribution in [1.29, 1.82) is 0 Å². The highest BCUT2D eigenvalue weighted by molar-refractivity contribution is 5.90. The molecule has 2 saturated heterocycles. The molecule has 0 saturated carbocycles. The van der Waals surface area contributed by atoms with Crippen molar-refractivity contribution in [2.75, 3.05) is 20.3 Å². The first kappa shape index (κ1) is 33.3.